The molecule has 0 heterocycles. The van der Waals surface area contributed by atoms with Gasteiger partial charge in [-0.25, -0.2) is 0 Å². The zero-order valence-corrected chi connectivity index (χ0v) is 20.7. The highest BCUT2D eigenvalue weighted by atomic mass is 16.3. The topological polar surface area (TPSA) is 20.2 Å². The van der Waals surface area contributed by atoms with Crippen LogP contribution in [0.4, 0.5) is 0 Å². The summed E-state index contributed by atoms with van der Waals surface area (Å²) in [7, 11) is 0. The van der Waals surface area contributed by atoms with Gasteiger partial charge < -0.3 is 5.11 Å². The van der Waals surface area contributed by atoms with E-state index in [1.807, 2.05) is 30.3 Å². The average molecular weight is 485 g/mol. The highest BCUT2D eigenvalue weighted by Crippen LogP contribution is 2.52. The molecule has 0 bridgehead atoms. The lowest BCUT2D eigenvalue weighted by atomic mass is 9.80. The Balaban J connectivity index is 1.43. The molecule has 0 amide bonds. The SMILES string of the molecule is OC1(c2ccccc2-c2ccc3c4ccccc4c4ccccc4c3c2)c2ccccc2-c2ccccc21. The molecule has 1 aliphatic carbocycles. The first-order chi connectivity index (χ1) is 18.7. The molecule has 1 N–H and O–H groups in total. The molecule has 7 aromatic carbocycles. The molecule has 1 nitrogen and oxygen atoms in total. The molecule has 7 aromatic rings. The van der Waals surface area contributed by atoms with Crippen molar-refractivity contribution in [2.24, 2.45) is 0 Å². The van der Waals surface area contributed by atoms with E-state index in [0.717, 1.165) is 38.9 Å². The highest BCUT2D eigenvalue weighted by molar-refractivity contribution is 6.25. The van der Waals surface area contributed by atoms with Crippen LogP contribution in [0.3, 0.4) is 0 Å². The van der Waals surface area contributed by atoms with Gasteiger partial charge in [0.2, 0.25) is 0 Å². The molecule has 0 aliphatic heterocycles. The lowest BCUT2D eigenvalue weighted by Crippen LogP contribution is -2.27. The van der Waals surface area contributed by atoms with E-state index >= 15 is 0 Å². The molecule has 0 fully saturated rings. The summed E-state index contributed by atoms with van der Waals surface area (Å²) in [6.07, 6.45) is 0. The summed E-state index contributed by atoms with van der Waals surface area (Å²) >= 11 is 0. The number of aliphatic hydroxyl groups is 1. The van der Waals surface area contributed by atoms with Crippen LogP contribution in [0.1, 0.15) is 16.7 Å². The van der Waals surface area contributed by atoms with Crippen molar-refractivity contribution in [1.29, 1.82) is 0 Å². The first-order valence-corrected chi connectivity index (χ1v) is 13.1. The smallest absolute Gasteiger partial charge is 0.142 e. The second-order valence-electron chi connectivity index (χ2n) is 10.2. The lowest BCUT2D eigenvalue weighted by Gasteiger charge is -2.29. The number of rotatable bonds is 2. The van der Waals surface area contributed by atoms with Gasteiger partial charge in [-0.3, -0.25) is 0 Å². The molecule has 1 aliphatic rings. The van der Waals surface area contributed by atoms with E-state index in [0.29, 0.717) is 0 Å². The van der Waals surface area contributed by atoms with Crippen LogP contribution in [0.15, 0.2) is 140 Å². The Hall–Kier alpha value is -4.72. The minimum absolute atomic E-state index is 0.904. The maximum atomic E-state index is 12.6. The summed E-state index contributed by atoms with van der Waals surface area (Å²) in [4.78, 5) is 0. The van der Waals surface area contributed by atoms with Crippen LogP contribution in [0, 0.1) is 0 Å². The van der Waals surface area contributed by atoms with Gasteiger partial charge in [-0.2, -0.15) is 0 Å². The largest absolute Gasteiger partial charge is 0.376 e. The summed E-state index contributed by atoms with van der Waals surface area (Å²) in [5, 5.41) is 20.2. The second kappa shape index (κ2) is 7.89. The van der Waals surface area contributed by atoms with Gasteiger partial charge in [-0.15, -0.1) is 0 Å². The third kappa shape index (κ3) is 2.80. The number of benzene rings is 7. The molecule has 0 atom stereocenters. The quantitative estimate of drug-likeness (QED) is 0.243. The van der Waals surface area contributed by atoms with Crippen molar-refractivity contribution in [3.8, 4) is 22.3 Å². The van der Waals surface area contributed by atoms with Crippen LogP contribution in [0.5, 0.6) is 0 Å². The lowest BCUT2D eigenvalue weighted by molar-refractivity contribution is 0.131. The third-order valence-electron chi connectivity index (χ3n) is 8.30. The maximum Gasteiger partial charge on any atom is 0.142 e. The van der Waals surface area contributed by atoms with Crippen molar-refractivity contribution in [1.82, 2.24) is 0 Å². The normalized spacial score (nSPS) is 13.6. The van der Waals surface area contributed by atoms with Crippen LogP contribution in [0.25, 0.3) is 54.6 Å². The number of hydrogen-bond acceptors (Lipinski definition) is 1. The van der Waals surface area contributed by atoms with Crippen molar-refractivity contribution < 1.29 is 5.11 Å². The molecule has 8 rings (SSSR count). The Kier molecular flexibility index (Phi) is 4.44. The molecule has 0 unspecified atom stereocenters. The summed E-state index contributed by atoms with van der Waals surface area (Å²) in [5.74, 6) is 0. The van der Waals surface area contributed by atoms with Gasteiger partial charge in [-0.05, 0) is 60.6 Å². The minimum atomic E-state index is -1.23. The fraction of sp³-hybridized carbons (Fsp3) is 0.0270. The highest BCUT2D eigenvalue weighted by Gasteiger charge is 2.44. The first kappa shape index (κ1) is 21.4. The van der Waals surface area contributed by atoms with Crippen LogP contribution >= 0.6 is 0 Å². The van der Waals surface area contributed by atoms with Gasteiger partial charge in [0.05, 0.1) is 0 Å². The fourth-order valence-corrected chi connectivity index (χ4v) is 6.63. The van der Waals surface area contributed by atoms with E-state index in [9.17, 15) is 5.11 Å². The summed E-state index contributed by atoms with van der Waals surface area (Å²) in [6, 6.07) is 48.9. The second-order valence-corrected chi connectivity index (χ2v) is 10.2. The van der Waals surface area contributed by atoms with Gasteiger partial charge in [0.25, 0.3) is 0 Å². The van der Waals surface area contributed by atoms with E-state index in [1.54, 1.807) is 0 Å². The molecule has 0 radical (unpaired) electrons. The average Bonchev–Trinajstić information content (AvgIpc) is 3.26. The van der Waals surface area contributed by atoms with E-state index in [1.165, 1.54) is 32.3 Å². The van der Waals surface area contributed by atoms with Crippen LogP contribution in [-0.2, 0) is 5.60 Å². The Morgan fingerprint density at radius 2 is 0.711 bits per heavy atom. The molecular formula is C37H24O. The van der Waals surface area contributed by atoms with Gasteiger partial charge in [0.1, 0.15) is 5.60 Å². The Bertz CT molecular complexity index is 1970. The van der Waals surface area contributed by atoms with E-state index in [4.69, 9.17) is 0 Å². The fourth-order valence-electron chi connectivity index (χ4n) is 6.63. The molecule has 0 saturated carbocycles. The van der Waals surface area contributed by atoms with E-state index in [-0.39, 0.29) is 0 Å². The molecule has 0 aromatic heterocycles. The van der Waals surface area contributed by atoms with Crippen LogP contribution in [-0.4, -0.2) is 5.11 Å². The van der Waals surface area contributed by atoms with Gasteiger partial charge in [-0.1, -0.05) is 133 Å². The maximum absolute atomic E-state index is 12.6. The van der Waals surface area contributed by atoms with Crippen molar-refractivity contribution in [3.63, 3.8) is 0 Å². The Morgan fingerprint density at radius 3 is 1.24 bits per heavy atom. The van der Waals surface area contributed by atoms with Crippen molar-refractivity contribution in [2.45, 2.75) is 5.60 Å². The summed E-state index contributed by atoms with van der Waals surface area (Å²) < 4.78 is 0. The predicted octanol–water partition coefficient (Wildman–Crippen LogP) is 9.08. The van der Waals surface area contributed by atoms with Gasteiger partial charge >= 0.3 is 0 Å². The number of hydrogen-bond donors (Lipinski definition) is 1. The van der Waals surface area contributed by atoms with Gasteiger partial charge in [0, 0.05) is 16.7 Å². The number of fused-ring (bicyclic) bond motifs is 9. The zero-order valence-electron chi connectivity index (χ0n) is 20.7. The van der Waals surface area contributed by atoms with Crippen LogP contribution < -0.4 is 0 Å². The zero-order chi connectivity index (χ0) is 25.3. The summed E-state index contributed by atoms with van der Waals surface area (Å²) in [6.45, 7) is 0. The standard InChI is InChI=1S/C37H24O/c38-37(35-19-9-6-16-31(35)32-17-7-10-20-36(32)37)34-18-8-5-11-25(34)24-21-22-30-28-14-2-1-12-26(28)27-13-3-4-15-29(27)33(30)23-24/h1-23,38H. The molecule has 0 saturated heterocycles. The minimum Gasteiger partial charge on any atom is -0.376 e. The van der Waals surface area contributed by atoms with Crippen LogP contribution in [0.2, 0.25) is 0 Å². The predicted molar refractivity (Wildman–Crippen MR) is 158 cm³/mol. The monoisotopic (exact) mass is 484 g/mol. The van der Waals surface area contributed by atoms with Crippen molar-refractivity contribution in [3.05, 3.63) is 156 Å². The summed E-state index contributed by atoms with van der Waals surface area (Å²) in [5.41, 5.74) is 5.88. The Labute approximate surface area is 221 Å². The first-order valence-electron chi connectivity index (χ1n) is 13.1. The molecule has 38 heavy (non-hydrogen) atoms. The third-order valence-corrected chi connectivity index (χ3v) is 8.30. The van der Waals surface area contributed by atoms with Crippen molar-refractivity contribution >= 4 is 32.3 Å². The van der Waals surface area contributed by atoms with Crippen molar-refractivity contribution in [2.75, 3.05) is 0 Å². The van der Waals surface area contributed by atoms with E-state index in [2.05, 4.69) is 109 Å². The molecular weight excluding hydrogens is 460 g/mol. The van der Waals surface area contributed by atoms with E-state index < -0.39 is 5.60 Å². The Morgan fingerprint density at radius 1 is 0.342 bits per heavy atom. The molecule has 178 valence electrons. The van der Waals surface area contributed by atoms with Gasteiger partial charge in [0.15, 0.2) is 0 Å². The molecule has 0 spiro atoms. The molecule has 1 heteroatoms.